The Labute approximate surface area is 236 Å². The van der Waals surface area contributed by atoms with Crippen molar-refractivity contribution < 1.29 is 43.6 Å². The number of alkyl carbamates (subject to hydrolysis) is 1. The average molecular weight is 588 g/mol. The van der Waals surface area contributed by atoms with Crippen molar-refractivity contribution in [1.29, 1.82) is 5.41 Å². The van der Waals surface area contributed by atoms with Gasteiger partial charge in [-0.05, 0) is 42.3 Å². The molecule has 0 aromatic heterocycles. The lowest BCUT2D eigenvalue weighted by atomic mass is 10.1. The van der Waals surface area contributed by atoms with Crippen molar-refractivity contribution in [3.8, 4) is 0 Å². The molecule has 1 saturated heterocycles. The molecule has 2 aromatic rings. The highest BCUT2D eigenvalue weighted by atomic mass is 16.6. The Morgan fingerprint density at radius 3 is 1.90 bits per heavy atom. The molecule has 3 rings (SSSR count). The fourth-order valence-electron chi connectivity index (χ4n) is 3.59. The molecule has 0 radical (unpaired) electrons. The molecule has 1 aliphatic heterocycles. The Hall–Kier alpha value is -5.81. The molecule has 42 heavy (non-hydrogen) atoms. The number of ether oxygens (including phenoxy) is 2. The van der Waals surface area contributed by atoms with Gasteiger partial charge in [0.05, 0.1) is 15.9 Å². The normalized spacial score (nSPS) is 13.1. The minimum absolute atomic E-state index is 0.0169. The first-order valence-electron chi connectivity index (χ1n) is 12.1. The number of carboxylic acid groups (broad SMARTS) is 1. The number of carbonyl (C=O) groups is 4. The number of likely N-dealkylation sites (tertiary alicyclic amines) is 1. The largest absolute Gasteiger partial charge is 0.465 e. The molecule has 0 aliphatic carbocycles. The summed E-state index contributed by atoms with van der Waals surface area (Å²) in [6.07, 6.45) is -3.57. The summed E-state index contributed by atoms with van der Waals surface area (Å²) in [5, 5.41) is 43.4. The van der Waals surface area contributed by atoms with Crippen LogP contribution in [-0.2, 0) is 27.5 Å². The maximum atomic E-state index is 13.0. The molecule has 4 N–H and O–H groups in total. The average Bonchev–Trinajstić information content (AvgIpc) is 2.92. The van der Waals surface area contributed by atoms with Gasteiger partial charge in [0.15, 0.2) is 0 Å². The molecule has 0 bridgehead atoms. The van der Waals surface area contributed by atoms with Crippen LogP contribution in [0.4, 0.5) is 25.8 Å². The van der Waals surface area contributed by atoms with E-state index in [-0.39, 0.29) is 31.1 Å². The van der Waals surface area contributed by atoms with Crippen LogP contribution in [0.15, 0.2) is 48.5 Å². The Balaban J connectivity index is 1.65. The third-order valence-corrected chi connectivity index (χ3v) is 5.95. The summed E-state index contributed by atoms with van der Waals surface area (Å²) in [5.74, 6) is -1.66. The van der Waals surface area contributed by atoms with Crippen LogP contribution in [-0.4, -0.2) is 80.1 Å². The molecular weight excluding hydrogens is 562 g/mol. The highest BCUT2D eigenvalue weighted by Gasteiger charge is 2.36. The number of amides is 4. The smallest absolute Gasteiger partial charge is 0.417 e. The highest BCUT2D eigenvalue weighted by molar-refractivity contribution is 6.03. The number of nitrogens with zero attached hydrogens (tertiary/aromatic N) is 4. The van der Waals surface area contributed by atoms with Gasteiger partial charge in [0, 0.05) is 37.4 Å². The fraction of sp³-hybridized carbons (Fsp3) is 0.292. The van der Waals surface area contributed by atoms with Crippen molar-refractivity contribution in [2.24, 2.45) is 0 Å². The number of non-ortho nitro benzene ring substituents is 2. The molecule has 18 heteroatoms. The summed E-state index contributed by atoms with van der Waals surface area (Å²) >= 11 is 0. The zero-order valence-corrected chi connectivity index (χ0v) is 21.9. The van der Waals surface area contributed by atoms with E-state index in [9.17, 15) is 39.4 Å². The van der Waals surface area contributed by atoms with Gasteiger partial charge in [-0.3, -0.25) is 35.7 Å². The van der Waals surface area contributed by atoms with Crippen LogP contribution < -0.4 is 10.6 Å². The third-order valence-electron chi connectivity index (χ3n) is 5.95. The lowest BCUT2D eigenvalue weighted by Crippen LogP contribution is -2.64. The standard InChI is InChI=1S/C24H25N7O11/c1-14(20(32)26-17-10-28(11-17)23(34)35)29(24(36)42-13-16-4-8-19(9-5-16)31(39)40)21(25)27-22(33)41-12-15-2-6-18(7-3-15)30(37)38/h2-9,14,17H,10-13H2,1H3,(H,26,32)(H,34,35)(H2,25,27,33)/t14-/m1/s1. The predicted octanol–water partition coefficient (Wildman–Crippen LogP) is 2.17. The second-order valence-corrected chi connectivity index (χ2v) is 8.89. The van der Waals surface area contributed by atoms with E-state index in [0.717, 1.165) is 4.90 Å². The Morgan fingerprint density at radius 2 is 1.45 bits per heavy atom. The van der Waals surface area contributed by atoms with Crippen LogP contribution in [0.25, 0.3) is 0 Å². The van der Waals surface area contributed by atoms with Gasteiger partial charge in [0.1, 0.15) is 19.3 Å². The number of hydrogen-bond donors (Lipinski definition) is 4. The van der Waals surface area contributed by atoms with Gasteiger partial charge in [-0.1, -0.05) is 0 Å². The topological polar surface area (TPSA) is 248 Å². The molecule has 0 spiro atoms. The van der Waals surface area contributed by atoms with Crippen molar-refractivity contribution in [2.75, 3.05) is 13.1 Å². The summed E-state index contributed by atoms with van der Waals surface area (Å²) in [6.45, 7) is 0.551. The van der Waals surface area contributed by atoms with Gasteiger partial charge < -0.3 is 24.8 Å². The van der Waals surface area contributed by atoms with Gasteiger partial charge in [-0.25, -0.2) is 19.3 Å². The number of rotatable bonds is 9. The first-order chi connectivity index (χ1) is 19.8. The van der Waals surface area contributed by atoms with Crippen molar-refractivity contribution in [3.63, 3.8) is 0 Å². The minimum atomic E-state index is -1.42. The number of carbonyl (C=O) groups excluding carboxylic acids is 3. The van der Waals surface area contributed by atoms with Crippen molar-refractivity contribution in [1.82, 2.24) is 20.4 Å². The molecule has 1 fully saturated rings. The maximum absolute atomic E-state index is 13.0. The molecule has 0 unspecified atom stereocenters. The van der Waals surface area contributed by atoms with E-state index < -0.39 is 58.7 Å². The summed E-state index contributed by atoms with van der Waals surface area (Å²) in [6, 6.07) is 8.25. The number of nitro groups is 2. The molecule has 2 aromatic carbocycles. The molecule has 1 atom stereocenters. The molecule has 1 aliphatic rings. The van der Waals surface area contributed by atoms with E-state index in [0.29, 0.717) is 16.0 Å². The number of nitro benzene ring substituents is 2. The molecule has 222 valence electrons. The van der Waals surface area contributed by atoms with Crippen LogP contribution in [0.5, 0.6) is 0 Å². The first-order valence-corrected chi connectivity index (χ1v) is 12.1. The highest BCUT2D eigenvalue weighted by Crippen LogP contribution is 2.15. The van der Waals surface area contributed by atoms with Crippen LogP contribution in [0, 0.1) is 25.6 Å². The van der Waals surface area contributed by atoms with Crippen molar-refractivity contribution in [3.05, 3.63) is 79.9 Å². The van der Waals surface area contributed by atoms with Gasteiger partial charge in [-0.15, -0.1) is 0 Å². The first kappa shape index (κ1) is 30.7. The lowest BCUT2D eigenvalue weighted by Gasteiger charge is -2.38. The summed E-state index contributed by atoms with van der Waals surface area (Å²) in [7, 11) is 0. The van der Waals surface area contributed by atoms with Crippen molar-refractivity contribution >= 4 is 41.5 Å². The second kappa shape index (κ2) is 13.5. The fourth-order valence-corrected chi connectivity index (χ4v) is 3.59. The third kappa shape index (κ3) is 8.10. The number of hydrogen-bond acceptors (Lipinski definition) is 11. The quantitative estimate of drug-likeness (QED) is 0.143. The van der Waals surface area contributed by atoms with Crippen LogP contribution in [0.2, 0.25) is 0 Å². The van der Waals surface area contributed by atoms with Gasteiger partial charge >= 0.3 is 18.3 Å². The predicted molar refractivity (Wildman–Crippen MR) is 140 cm³/mol. The van der Waals surface area contributed by atoms with E-state index in [4.69, 9.17) is 20.0 Å². The lowest BCUT2D eigenvalue weighted by molar-refractivity contribution is -0.385. The zero-order chi connectivity index (χ0) is 31.0. The molecule has 1 heterocycles. The minimum Gasteiger partial charge on any atom is -0.465 e. The van der Waals surface area contributed by atoms with E-state index in [1.54, 1.807) is 0 Å². The van der Waals surface area contributed by atoms with Crippen LogP contribution >= 0.6 is 0 Å². The Kier molecular flexibility index (Phi) is 9.88. The van der Waals surface area contributed by atoms with Gasteiger partial charge in [-0.2, -0.15) is 0 Å². The second-order valence-electron chi connectivity index (χ2n) is 8.89. The van der Waals surface area contributed by atoms with E-state index in [1.807, 2.05) is 5.32 Å². The number of nitrogens with one attached hydrogen (secondary N) is 3. The number of guanidine groups is 1. The summed E-state index contributed by atoms with van der Waals surface area (Å²) in [5.41, 5.74) is 0.395. The van der Waals surface area contributed by atoms with Gasteiger partial charge in [0.25, 0.3) is 11.4 Å². The van der Waals surface area contributed by atoms with Crippen molar-refractivity contribution in [2.45, 2.75) is 32.2 Å². The summed E-state index contributed by atoms with van der Waals surface area (Å²) < 4.78 is 10.2. The monoisotopic (exact) mass is 587 g/mol. The maximum Gasteiger partial charge on any atom is 0.417 e. The van der Waals surface area contributed by atoms with E-state index in [2.05, 4.69) is 5.32 Å². The summed E-state index contributed by atoms with van der Waals surface area (Å²) in [4.78, 5) is 71.1. The van der Waals surface area contributed by atoms with Crippen LogP contribution in [0.3, 0.4) is 0 Å². The Morgan fingerprint density at radius 1 is 0.976 bits per heavy atom. The molecule has 18 nitrogen and oxygen atoms in total. The molecule has 4 amide bonds. The Bertz CT molecular complexity index is 1380. The van der Waals surface area contributed by atoms with Crippen LogP contribution in [0.1, 0.15) is 18.1 Å². The van der Waals surface area contributed by atoms with Gasteiger partial charge in [0.2, 0.25) is 11.9 Å². The zero-order valence-electron chi connectivity index (χ0n) is 21.9. The molecular formula is C24H25N7O11. The molecule has 0 saturated carbocycles. The van der Waals surface area contributed by atoms with E-state index >= 15 is 0 Å². The van der Waals surface area contributed by atoms with E-state index in [1.165, 1.54) is 55.5 Å². The SMILES string of the molecule is C[C@H](C(=O)NC1CN(C(=O)O)C1)N(C(=N)NC(=O)OCc1ccc([N+](=O)[O-])cc1)C(=O)OCc1ccc([N+](=O)[O-])cc1. The number of benzene rings is 2.